The Balaban J connectivity index is 1.17. The van der Waals surface area contributed by atoms with Crippen LogP contribution in [0.25, 0.3) is 24.3 Å². The second-order valence-electron chi connectivity index (χ2n) is 10.2. The number of hydrogen-bond acceptors (Lipinski definition) is 4. The van der Waals surface area contributed by atoms with E-state index < -0.39 is 0 Å². The van der Waals surface area contributed by atoms with Gasteiger partial charge >= 0.3 is 0 Å². The van der Waals surface area contributed by atoms with Crippen molar-refractivity contribution >= 4 is 57.3 Å². The molecular formula is C36H44N4S2+2. The second-order valence-corrected chi connectivity index (χ2v) is 12.9. The minimum absolute atomic E-state index is 1.01. The van der Waals surface area contributed by atoms with Gasteiger partial charge in [0.2, 0.25) is 0 Å². The van der Waals surface area contributed by atoms with E-state index in [-0.39, 0.29) is 0 Å². The van der Waals surface area contributed by atoms with Crippen molar-refractivity contribution < 1.29 is 9.13 Å². The molecule has 2 aromatic carbocycles. The minimum Gasteiger partial charge on any atom is -0.371 e. The zero-order valence-electron chi connectivity index (χ0n) is 25.4. The second kappa shape index (κ2) is 16.8. The summed E-state index contributed by atoms with van der Waals surface area (Å²) in [5.74, 6) is 2.22. The zero-order chi connectivity index (χ0) is 29.6. The van der Waals surface area contributed by atoms with Gasteiger partial charge in [-0.3, -0.25) is 0 Å². The van der Waals surface area contributed by atoms with E-state index in [4.69, 9.17) is 0 Å². The van der Waals surface area contributed by atoms with E-state index >= 15 is 0 Å². The number of benzene rings is 2. The Bertz CT molecular complexity index is 1290. The third-order valence-corrected chi connectivity index (χ3v) is 9.56. The van der Waals surface area contributed by atoms with Crippen LogP contribution in [0.15, 0.2) is 97.6 Å². The molecule has 2 heterocycles. The Labute approximate surface area is 260 Å². The van der Waals surface area contributed by atoms with Crippen LogP contribution in [0.2, 0.25) is 0 Å². The Morgan fingerprint density at radius 3 is 1.12 bits per heavy atom. The molecule has 6 heteroatoms. The molecule has 4 aromatic rings. The molecule has 4 nitrogen and oxygen atoms in total. The largest absolute Gasteiger partial charge is 0.371 e. The lowest BCUT2D eigenvalue weighted by molar-refractivity contribution is -0.671. The normalized spacial score (nSPS) is 11.4. The monoisotopic (exact) mass is 596 g/mol. The fourth-order valence-corrected chi connectivity index (χ4v) is 6.56. The Morgan fingerprint density at radius 2 is 0.810 bits per heavy atom. The van der Waals surface area contributed by atoms with Gasteiger partial charge in [0.05, 0.1) is 0 Å². The van der Waals surface area contributed by atoms with Gasteiger partial charge in [0.1, 0.15) is 14.1 Å². The molecule has 0 aliphatic heterocycles. The van der Waals surface area contributed by atoms with Crippen LogP contribution in [0.4, 0.5) is 11.4 Å². The molecule has 0 radical (unpaired) electrons. The van der Waals surface area contributed by atoms with Gasteiger partial charge in [-0.25, -0.2) is 9.13 Å². The SMILES string of the molecule is CCN(CCSSCCN(CC)c1ccc(/C=C/c2cc[n+](C)cc2)cc1)c1ccc(/C=C/c2cc[n+](C)cc2)cc1. The molecule has 0 aliphatic rings. The first-order chi connectivity index (χ1) is 20.5. The number of rotatable bonds is 15. The highest BCUT2D eigenvalue weighted by Crippen LogP contribution is 2.24. The smallest absolute Gasteiger partial charge is 0.169 e. The van der Waals surface area contributed by atoms with Crippen molar-refractivity contribution in [1.29, 1.82) is 0 Å². The van der Waals surface area contributed by atoms with Crippen molar-refractivity contribution in [2.45, 2.75) is 13.8 Å². The Hall–Kier alpha value is -3.48. The molecule has 0 amide bonds. The number of aryl methyl sites for hydroxylation is 2. The predicted molar refractivity (Wildman–Crippen MR) is 187 cm³/mol. The number of aromatic nitrogens is 2. The topological polar surface area (TPSA) is 14.2 Å². The molecule has 4 rings (SSSR count). The van der Waals surface area contributed by atoms with Crippen LogP contribution < -0.4 is 18.9 Å². The molecule has 0 saturated carbocycles. The summed E-state index contributed by atoms with van der Waals surface area (Å²) in [7, 11) is 8.04. The lowest BCUT2D eigenvalue weighted by Crippen LogP contribution is -2.26. The maximum Gasteiger partial charge on any atom is 0.169 e. The average Bonchev–Trinajstić information content (AvgIpc) is 3.03. The summed E-state index contributed by atoms with van der Waals surface area (Å²) in [6, 6.07) is 26.3. The van der Waals surface area contributed by atoms with Crippen LogP contribution in [-0.4, -0.2) is 37.7 Å². The standard InChI is InChI=1S/C36H44N4S2/c1-5-39(35-15-11-31(12-16-35)7-9-33-19-23-37(3)24-20-33)27-29-41-42-30-28-40(6-2)36-17-13-32(14-18-36)8-10-34-21-25-38(4)26-22-34/h7-26H,5-6,27-30H2,1-4H3/q+2. The third kappa shape index (κ3) is 10.1. The maximum absolute atomic E-state index is 2.46. The first-order valence-corrected chi connectivity index (χ1v) is 17.2. The highest BCUT2D eigenvalue weighted by molar-refractivity contribution is 8.76. The van der Waals surface area contributed by atoms with Crippen molar-refractivity contribution in [3.8, 4) is 0 Å². The third-order valence-electron chi connectivity index (χ3n) is 7.20. The predicted octanol–water partition coefficient (Wildman–Crippen LogP) is 7.41. The fraction of sp³-hybridized carbons (Fsp3) is 0.278. The van der Waals surface area contributed by atoms with E-state index in [9.17, 15) is 0 Å². The zero-order valence-corrected chi connectivity index (χ0v) is 27.0. The van der Waals surface area contributed by atoms with Gasteiger partial charge in [-0.05, 0) is 60.4 Å². The molecule has 0 fully saturated rings. The number of anilines is 2. The molecule has 0 spiro atoms. The Kier molecular flexibility index (Phi) is 12.6. The maximum atomic E-state index is 2.46. The van der Waals surface area contributed by atoms with Gasteiger partial charge in [-0.1, -0.05) is 70.2 Å². The summed E-state index contributed by atoms with van der Waals surface area (Å²) in [5.41, 5.74) is 7.45. The number of nitrogens with zero attached hydrogens (tertiary/aromatic N) is 4. The highest BCUT2D eigenvalue weighted by atomic mass is 33.1. The summed E-state index contributed by atoms with van der Waals surface area (Å²) in [6.45, 7) is 8.61. The van der Waals surface area contributed by atoms with Gasteiger partial charge in [-0.2, -0.15) is 0 Å². The van der Waals surface area contributed by atoms with Crippen molar-refractivity contribution in [3.05, 3.63) is 120 Å². The Morgan fingerprint density at radius 1 is 0.500 bits per heavy atom. The molecule has 0 aliphatic carbocycles. The van der Waals surface area contributed by atoms with Gasteiger partial charge in [0, 0.05) is 73.3 Å². The van der Waals surface area contributed by atoms with E-state index in [2.05, 4.69) is 146 Å². The summed E-state index contributed by atoms with van der Waals surface area (Å²) in [4.78, 5) is 4.93. The quantitative estimate of drug-likeness (QED) is 0.0806. The van der Waals surface area contributed by atoms with E-state index in [0.29, 0.717) is 0 Å². The molecule has 218 valence electrons. The molecule has 2 aromatic heterocycles. The van der Waals surface area contributed by atoms with Crippen LogP contribution in [0.5, 0.6) is 0 Å². The van der Waals surface area contributed by atoms with Gasteiger partial charge < -0.3 is 9.80 Å². The van der Waals surface area contributed by atoms with Crippen molar-refractivity contribution in [2.24, 2.45) is 14.1 Å². The summed E-state index contributed by atoms with van der Waals surface area (Å²) >= 11 is 0. The average molecular weight is 597 g/mol. The van der Waals surface area contributed by atoms with Crippen molar-refractivity contribution in [2.75, 3.05) is 47.5 Å². The first kappa shape index (κ1) is 31.5. The van der Waals surface area contributed by atoms with Crippen LogP contribution in [0, 0.1) is 0 Å². The molecule has 0 unspecified atom stereocenters. The lowest BCUT2D eigenvalue weighted by Gasteiger charge is -2.24. The van der Waals surface area contributed by atoms with E-state index in [0.717, 1.165) is 37.7 Å². The highest BCUT2D eigenvalue weighted by Gasteiger charge is 2.07. The summed E-state index contributed by atoms with van der Waals surface area (Å²) < 4.78 is 4.10. The van der Waals surface area contributed by atoms with Crippen LogP contribution in [-0.2, 0) is 14.1 Å². The van der Waals surface area contributed by atoms with Crippen molar-refractivity contribution in [3.63, 3.8) is 0 Å². The van der Waals surface area contributed by atoms with Crippen molar-refractivity contribution in [1.82, 2.24) is 0 Å². The summed E-state index contributed by atoms with van der Waals surface area (Å²) in [6.07, 6.45) is 17.0. The minimum atomic E-state index is 1.01. The van der Waals surface area contributed by atoms with E-state index in [1.54, 1.807) is 0 Å². The van der Waals surface area contributed by atoms with E-state index in [1.807, 2.05) is 44.8 Å². The molecule has 0 atom stereocenters. The first-order valence-electron chi connectivity index (χ1n) is 14.7. The van der Waals surface area contributed by atoms with Gasteiger partial charge in [0.15, 0.2) is 24.8 Å². The van der Waals surface area contributed by atoms with Gasteiger partial charge in [0.25, 0.3) is 0 Å². The molecule has 0 N–H and O–H groups in total. The number of hydrogen-bond donors (Lipinski definition) is 0. The van der Waals surface area contributed by atoms with Crippen LogP contribution >= 0.6 is 21.6 Å². The summed E-state index contributed by atoms with van der Waals surface area (Å²) in [5, 5.41) is 0. The van der Waals surface area contributed by atoms with Gasteiger partial charge in [-0.15, -0.1) is 0 Å². The molecule has 0 saturated heterocycles. The molecule has 0 bridgehead atoms. The lowest BCUT2D eigenvalue weighted by atomic mass is 10.1. The van der Waals surface area contributed by atoms with Crippen LogP contribution in [0.1, 0.15) is 36.1 Å². The number of pyridine rings is 2. The fourth-order valence-electron chi connectivity index (χ4n) is 4.58. The van der Waals surface area contributed by atoms with Crippen LogP contribution in [0.3, 0.4) is 0 Å². The van der Waals surface area contributed by atoms with E-state index in [1.165, 1.54) is 33.6 Å². The molecular weight excluding hydrogens is 553 g/mol. The molecule has 42 heavy (non-hydrogen) atoms.